The van der Waals surface area contributed by atoms with Crippen LogP contribution in [0.25, 0.3) is 6.08 Å². The van der Waals surface area contributed by atoms with Crippen molar-refractivity contribution in [2.24, 2.45) is 0 Å². The number of imide groups is 1. The van der Waals surface area contributed by atoms with E-state index in [1.54, 1.807) is 12.1 Å². The number of ether oxygens (including phenoxy) is 2. The van der Waals surface area contributed by atoms with Gasteiger partial charge in [0, 0.05) is 5.69 Å². The van der Waals surface area contributed by atoms with Crippen LogP contribution < -0.4 is 14.8 Å². The van der Waals surface area contributed by atoms with Gasteiger partial charge in [0.2, 0.25) is 5.91 Å². The molecule has 32 heavy (non-hydrogen) atoms. The molecular weight excluding hydrogens is 550 g/mol. The maximum atomic E-state index is 13.3. The van der Waals surface area contributed by atoms with Crippen LogP contribution >= 0.6 is 34.4 Å². The van der Waals surface area contributed by atoms with E-state index < -0.39 is 29.4 Å². The molecule has 0 radical (unpaired) electrons. The standard InChI is InChI=1S/C22H20FIN2O5S/c1-3-30-17-9-13(8-16(24)20(17)31-4-2)10-18-21(28)26(22(29)32-18)12-19(27)25-15-7-5-6-14(23)11-15/h5-11H,3-4,12H2,1-2H3,(H,25,27)/b18-10+. The van der Waals surface area contributed by atoms with Crippen molar-refractivity contribution in [3.05, 3.63) is 56.3 Å². The fourth-order valence-electron chi connectivity index (χ4n) is 2.92. The molecule has 10 heteroatoms. The highest BCUT2D eigenvalue weighted by atomic mass is 127. The molecule has 0 aromatic heterocycles. The lowest BCUT2D eigenvalue weighted by Gasteiger charge is -2.14. The molecule has 7 nitrogen and oxygen atoms in total. The largest absolute Gasteiger partial charge is 0.490 e. The van der Waals surface area contributed by atoms with Gasteiger partial charge in [-0.3, -0.25) is 19.3 Å². The van der Waals surface area contributed by atoms with Crippen molar-refractivity contribution in [1.29, 1.82) is 0 Å². The van der Waals surface area contributed by atoms with E-state index in [9.17, 15) is 18.8 Å². The summed E-state index contributed by atoms with van der Waals surface area (Å²) >= 11 is 2.87. The van der Waals surface area contributed by atoms with E-state index >= 15 is 0 Å². The third-order valence-electron chi connectivity index (χ3n) is 4.20. The van der Waals surface area contributed by atoms with Gasteiger partial charge in [-0.15, -0.1) is 0 Å². The summed E-state index contributed by atoms with van der Waals surface area (Å²) < 4.78 is 25.4. The van der Waals surface area contributed by atoms with Crippen LogP contribution in [0.15, 0.2) is 41.3 Å². The summed E-state index contributed by atoms with van der Waals surface area (Å²) in [5.74, 6) is -0.520. The number of amides is 3. The van der Waals surface area contributed by atoms with Gasteiger partial charge in [-0.1, -0.05) is 6.07 Å². The Balaban J connectivity index is 1.77. The minimum absolute atomic E-state index is 0.191. The number of hydrogen-bond acceptors (Lipinski definition) is 6. The second-order valence-corrected chi connectivity index (χ2v) is 8.68. The Bertz CT molecular complexity index is 1090. The molecule has 1 aliphatic rings. The highest BCUT2D eigenvalue weighted by molar-refractivity contribution is 14.1. The first kappa shape index (κ1) is 24.1. The summed E-state index contributed by atoms with van der Waals surface area (Å²) in [7, 11) is 0. The van der Waals surface area contributed by atoms with Gasteiger partial charge in [-0.25, -0.2) is 4.39 Å². The average molecular weight is 570 g/mol. The minimum Gasteiger partial charge on any atom is -0.490 e. The molecule has 168 valence electrons. The number of carbonyl (C=O) groups is 3. The van der Waals surface area contributed by atoms with E-state index in [0.29, 0.717) is 30.3 Å². The highest BCUT2D eigenvalue weighted by Crippen LogP contribution is 2.37. The molecule has 1 N–H and O–H groups in total. The molecular formula is C22H20FIN2O5S. The Kier molecular flexibility index (Phi) is 8.13. The molecule has 1 saturated heterocycles. The molecule has 1 heterocycles. The van der Waals surface area contributed by atoms with Crippen LogP contribution in [0.1, 0.15) is 19.4 Å². The first-order valence-electron chi connectivity index (χ1n) is 9.72. The predicted octanol–water partition coefficient (Wildman–Crippen LogP) is 4.90. The van der Waals surface area contributed by atoms with Crippen LogP contribution in [0.3, 0.4) is 0 Å². The molecule has 0 unspecified atom stereocenters. The topological polar surface area (TPSA) is 84.9 Å². The lowest BCUT2D eigenvalue weighted by atomic mass is 10.2. The normalized spacial score (nSPS) is 14.8. The predicted molar refractivity (Wildman–Crippen MR) is 129 cm³/mol. The van der Waals surface area contributed by atoms with Crippen LogP contribution in [0.4, 0.5) is 14.9 Å². The van der Waals surface area contributed by atoms with E-state index in [1.165, 1.54) is 18.2 Å². The lowest BCUT2D eigenvalue weighted by molar-refractivity contribution is -0.127. The van der Waals surface area contributed by atoms with E-state index in [0.717, 1.165) is 26.3 Å². The second-order valence-electron chi connectivity index (χ2n) is 6.52. The van der Waals surface area contributed by atoms with Gasteiger partial charge in [-0.2, -0.15) is 0 Å². The summed E-state index contributed by atoms with van der Waals surface area (Å²) in [5, 5.41) is 1.92. The first-order valence-corrected chi connectivity index (χ1v) is 11.6. The average Bonchev–Trinajstić information content (AvgIpc) is 2.98. The number of benzene rings is 2. The maximum absolute atomic E-state index is 13.3. The van der Waals surface area contributed by atoms with Gasteiger partial charge in [0.15, 0.2) is 11.5 Å². The van der Waals surface area contributed by atoms with Crippen molar-refractivity contribution in [2.45, 2.75) is 13.8 Å². The van der Waals surface area contributed by atoms with Crippen LogP contribution in [-0.2, 0) is 9.59 Å². The Labute approximate surface area is 202 Å². The number of anilines is 1. The Morgan fingerprint density at radius 2 is 1.94 bits per heavy atom. The van der Waals surface area contributed by atoms with Crippen molar-refractivity contribution in [2.75, 3.05) is 25.1 Å². The number of nitrogens with one attached hydrogen (secondary N) is 1. The van der Waals surface area contributed by atoms with Crippen LogP contribution in [0, 0.1) is 9.39 Å². The molecule has 3 amide bonds. The van der Waals surface area contributed by atoms with Crippen molar-refractivity contribution in [3.8, 4) is 11.5 Å². The van der Waals surface area contributed by atoms with E-state index in [-0.39, 0.29) is 10.6 Å². The number of rotatable bonds is 8. The van der Waals surface area contributed by atoms with Gasteiger partial charge >= 0.3 is 0 Å². The van der Waals surface area contributed by atoms with E-state index in [4.69, 9.17) is 9.47 Å². The smallest absolute Gasteiger partial charge is 0.294 e. The highest BCUT2D eigenvalue weighted by Gasteiger charge is 2.36. The van der Waals surface area contributed by atoms with Gasteiger partial charge in [0.1, 0.15) is 12.4 Å². The number of carbonyl (C=O) groups excluding carboxylic acids is 3. The van der Waals surface area contributed by atoms with E-state index in [1.807, 2.05) is 19.9 Å². The number of thioether (sulfide) groups is 1. The summed E-state index contributed by atoms with van der Waals surface area (Å²) in [6, 6.07) is 8.91. The summed E-state index contributed by atoms with van der Waals surface area (Å²) in [6.45, 7) is 4.18. The summed E-state index contributed by atoms with van der Waals surface area (Å²) in [4.78, 5) is 38.4. The molecule has 0 spiro atoms. The zero-order valence-corrected chi connectivity index (χ0v) is 20.3. The first-order chi connectivity index (χ1) is 15.3. The van der Waals surface area contributed by atoms with Gasteiger partial charge in [0.05, 0.1) is 21.7 Å². The molecule has 1 fully saturated rings. The number of halogens is 2. The molecule has 3 rings (SSSR count). The third kappa shape index (κ3) is 5.80. The molecule has 0 aliphatic carbocycles. The van der Waals surface area contributed by atoms with Gasteiger partial charge in [-0.05, 0) is 90.2 Å². The van der Waals surface area contributed by atoms with Crippen molar-refractivity contribution in [3.63, 3.8) is 0 Å². The summed E-state index contributed by atoms with van der Waals surface area (Å²) in [5.41, 5.74) is 0.904. The van der Waals surface area contributed by atoms with Crippen molar-refractivity contribution >= 4 is 63.2 Å². The van der Waals surface area contributed by atoms with Crippen molar-refractivity contribution in [1.82, 2.24) is 4.90 Å². The van der Waals surface area contributed by atoms with E-state index in [2.05, 4.69) is 27.9 Å². The van der Waals surface area contributed by atoms with Crippen LogP contribution in [0.2, 0.25) is 0 Å². The lowest BCUT2D eigenvalue weighted by Crippen LogP contribution is -2.36. The molecule has 0 saturated carbocycles. The maximum Gasteiger partial charge on any atom is 0.294 e. The minimum atomic E-state index is -0.603. The fraction of sp³-hybridized carbons (Fsp3) is 0.227. The Hall–Kier alpha value is -2.60. The quantitative estimate of drug-likeness (QED) is 0.359. The van der Waals surface area contributed by atoms with Gasteiger partial charge < -0.3 is 14.8 Å². The molecule has 2 aromatic carbocycles. The molecule has 2 aromatic rings. The molecule has 0 atom stereocenters. The fourth-order valence-corrected chi connectivity index (χ4v) is 4.54. The monoisotopic (exact) mass is 570 g/mol. The zero-order chi connectivity index (χ0) is 23.3. The van der Waals surface area contributed by atoms with Crippen LogP contribution in [0.5, 0.6) is 11.5 Å². The third-order valence-corrected chi connectivity index (χ3v) is 5.91. The SMILES string of the molecule is CCOc1cc(/C=C2/SC(=O)N(CC(=O)Nc3cccc(F)c3)C2=O)cc(I)c1OCC. The molecule has 0 bridgehead atoms. The Morgan fingerprint density at radius 1 is 1.19 bits per heavy atom. The van der Waals surface area contributed by atoms with Gasteiger partial charge in [0.25, 0.3) is 11.1 Å². The van der Waals surface area contributed by atoms with Crippen molar-refractivity contribution < 1.29 is 28.2 Å². The second kappa shape index (κ2) is 10.8. The number of nitrogens with zero attached hydrogens (tertiary/aromatic N) is 1. The Morgan fingerprint density at radius 3 is 2.62 bits per heavy atom. The van der Waals surface area contributed by atoms with Crippen LogP contribution in [-0.4, -0.2) is 41.7 Å². The molecule has 1 aliphatic heterocycles. The number of hydrogen-bond donors (Lipinski definition) is 1. The summed E-state index contributed by atoms with van der Waals surface area (Å²) in [6.07, 6.45) is 1.58. The zero-order valence-electron chi connectivity index (χ0n) is 17.3.